The van der Waals surface area contributed by atoms with Crippen molar-refractivity contribution in [1.82, 2.24) is 20.4 Å². The summed E-state index contributed by atoms with van der Waals surface area (Å²) >= 11 is 0. The summed E-state index contributed by atoms with van der Waals surface area (Å²) in [4.78, 5) is 17.1. The lowest BCUT2D eigenvalue weighted by Gasteiger charge is -2.32. The zero-order chi connectivity index (χ0) is 13.7. The normalized spacial score (nSPS) is 29.6. The van der Waals surface area contributed by atoms with Gasteiger partial charge >= 0.3 is 0 Å². The highest BCUT2D eigenvalue weighted by Crippen LogP contribution is 2.29. The number of hydrogen-bond acceptors (Lipinski definition) is 4. The Morgan fingerprint density at radius 1 is 1.32 bits per heavy atom. The van der Waals surface area contributed by atoms with E-state index in [0.717, 1.165) is 65.2 Å². The van der Waals surface area contributed by atoms with E-state index in [4.69, 9.17) is 0 Å². The summed E-state index contributed by atoms with van der Waals surface area (Å²) in [5.74, 6) is 0.245. The molecule has 0 aliphatic carbocycles. The summed E-state index contributed by atoms with van der Waals surface area (Å²) in [6, 6.07) is 0. The predicted octanol–water partition coefficient (Wildman–Crippen LogP) is -0.260. The minimum Gasteiger partial charge on any atom is -0.354 e. The van der Waals surface area contributed by atoms with Crippen molar-refractivity contribution in [3.05, 3.63) is 0 Å². The van der Waals surface area contributed by atoms with Crippen molar-refractivity contribution in [3.8, 4) is 0 Å². The lowest BCUT2D eigenvalue weighted by Crippen LogP contribution is -2.48. The minimum atomic E-state index is -0.151. The molecular weight excluding hydrogens is 240 g/mol. The van der Waals surface area contributed by atoms with E-state index in [1.54, 1.807) is 0 Å². The fraction of sp³-hybridized carbons (Fsp3) is 0.929. The molecular formula is C14H28N4O. The second-order valence-corrected chi connectivity index (χ2v) is 5.96. The van der Waals surface area contributed by atoms with Crippen LogP contribution < -0.4 is 10.6 Å². The zero-order valence-corrected chi connectivity index (χ0v) is 12.4. The molecule has 2 fully saturated rings. The average molecular weight is 268 g/mol. The van der Waals surface area contributed by atoms with Crippen molar-refractivity contribution in [3.63, 3.8) is 0 Å². The van der Waals surface area contributed by atoms with Gasteiger partial charge in [0.05, 0.1) is 5.41 Å². The number of nitrogens with zero attached hydrogens (tertiary/aromatic N) is 2. The molecule has 1 unspecified atom stereocenters. The Kier molecular flexibility index (Phi) is 5.19. The quantitative estimate of drug-likeness (QED) is 0.721. The fourth-order valence-corrected chi connectivity index (χ4v) is 2.99. The van der Waals surface area contributed by atoms with Crippen molar-refractivity contribution >= 4 is 5.91 Å². The Morgan fingerprint density at radius 3 is 2.63 bits per heavy atom. The third kappa shape index (κ3) is 3.68. The molecule has 0 saturated carbocycles. The lowest BCUT2D eigenvalue weighted by molar-refractivity contribution is -0.130. The zero-order valence-electron chi connectivity index (χ0n) is 12.4. The number of likely N-dealkylation sites (N-methyl/N-ethyl adjacent to an activating group) is 1. The summed E-state index contributed by atoms with van der Waals surface area (Å²) in [5, 5.41) is 6.45. The minimum absolute atomic E-state index is 0.151. The molecule has 2 saturated heterocycles. The molecule has 2 heterocycles. The van der Waals surface area contributed by atoms with Gasteiger partial charge in [-0.15, -0.1) is 0 Å². The Morgan fingerprint density at radius 2 is 2.05 bits per heavy atom. The maximum Gasteiger partial charge on any atom is 0.227 e. The van der Waals surface area contributed by atoms with Crippen LogP contribution in [0.3, 0.4) is 0 Å². The molecule has 2 N–H and O–H groups in total. The smallest absolute Gasteiger partial charge is 0.227 e. The van der Waals surface area contributed by atoms with Crippen LogP contribution in [0.5, 0.6) is 0 Å². The first-order chi connectivity index (χ1) is 9.16. The number of amides is 1. The number of nitrogens with one attached hydrogen (secondary N) is 2. The fourth-order valence-electron chi connectivity index (χ4n) is 2.99. The number of carbonyl (C=O) groups is 1. The molecule has 0 aromatic heterocycles. The predicted molar refractivity (Wildman–Crippen MR) is 77.2 cm³/mol. The molecule has 0 aromatic carbocycles. The summed E-state index contributed by atoms with van der Waals surface area (Å²) in [5.41, 5.74) is -0.151. The van der Waals surface area contributed by atoms with Crippen LogP contribution >= 0.6 is 0 Å². The summed E-state index contributed by atoms with van der Waals surface area (Å²) in [6.07, 6.45) is 1.91. The summed E-state index contributed by atoms with van der Waals surface area (Å²) in [7, 11) is 2.16. The van der Waals surface area contributed by atoms with Crippen LogP contribution in [-0.4, -0.2) is 75.1 Å². The van der Waals surface area contributed by atoms with Crippen molar-refractivity contribution in [2.75, 3.05) is 59.4 Å². The van der Waals surface area contributed by atoms with Gasteiger partial charge in [0.25, 0.3) is 0 Å². The molecule has 2 aliphatic rings. The maximum absolute atomic E-state index is 12.3. The number of carbonyl (C=O) groups excluding carboxylic acids is 1. The van der Waals surface area contributed by atoms with E-state index in [1.165, 1.54) is 0 Å². The third-order valence-corrected chi connectivity index (χ3v) is 4.71. The van der Waals surface area contributed by atoms with E-state index in [2.05, 4.69) is 34.4 Å². The largest absolute Gasteiger partial charge is 0.354 e. The molecule has 0 bridgehead atoms. The van der Waals surface area contributed by atoms with Gasteiger partial charge in [-0.1, -0.05) is 6.92 Å². The first-order valence-corrected chi connectivity index (χ1v) is 7.56. The maximum atomic E-state index is 12.3. The Bertz CT molecular complexity index is 294. The molecule has 2 aliphatic heterocycles. The standard InChI is InChI=1S/C14H28N4O/c1-3-14(4-5-15-12-14)13(19)16-6-7-18-10-8-17(2)9-11-18/h15H,3-12H2,1-2H3,(H,16,19). The van der Waals surface area contributed by atoms with Crippen LogP contribution in [0.2, 0.25) is 0 Å². The van der Waals surface area contributed by atoms with Crippen molar-refractivity contribution in [2.24, 2.45) is 5.41 Å². The Hall–Kier alpha value is -0.650. The van der Waals surface area contributed by atoms with Crippen LogP contribution in [0, 0.1) is 5.41 Å². The Labute approximate surface area is 116 Å². The van der Waals surface area contributed by atoms with E-state index in [0.29, 0.717) is 0 Å². The molecule has 2 rings (SSSR count). The molecule has 0 radical (unpaired) electrons. The van der Waals surface area contributed by atoms with Crippen LogP contribution in [0.1, 0.15) is 19.8 Å². The van der Waals surface area contributed by atoms with Crippen LogP contribution in [0.25, 0.3) is 0 Å². The molecule has 0 aromatic rings. The highest BCUT2D eigenvalue weighted by atomic mass is 16.2. The highest BCUT2D eigenvalue weighted by Gasteiger charge is 2.39. The first kappa shape index (κ1) is 14.8. The van der Waals surface area contributed by atoms with Crippen molar-refractivity contribution in [1.29, 1.82) is 0 Å². The van der Waals surface area contributed by atoms with Gasteiger partial charge in [0.15, 0.2) is 0 Å². The van der Waals surface area contributed by atoms with Crippen LogP contribution in [0.4, 0.5) is 0 Å². The van der Waals surface area contributed by atoms with Gasteiger partial charge in [0.2, 0.25) is 5.91 Å². The molecule has 110 valence electrons. The third-order valence-electron chi connectivity index (χ3n) is 4.71. The number of piperazine rings is 1. The second kappa shape index (κ2) is 6.68. The number of hydrogen-bond donors (Lipinski definition) is 2. The molecule has 1 amide bonds. The average Bonchev–Trinajstić information content (AvgIpc) is 2.91. The van der Waals surface area contributed by atoms with Gasteiger partial charge in [-0.3, -0.25) is 9.69 Å². The van der Waals surface area contributed by atoms with Crippen LogP contribution in [-0.2, 0) is 4.79 Å². The van der Waals surface area contributed by atoms with E-state index >= 15 is 0 Å². The van der Waals surface area contributed by atoms with Crippen molar-refractivity contribution in [2.45, 2.75) is 19.8 Å². The van der Waals surface area contributed by atoms with Gasteiger partial charge in [-0.05, 0) is 26.4 Å². The molecule has 1 atom stereocenters. The molecule has 0 spiro atoms. The lowest BCUT2D eigenvalue weighted by atomic mass is 9.83. The van der Waals surface area contributed by atoms with E-state index in [9.17, 15) is 4.79 Å². The van der Waals surface area contributed by atoms with E-state index < -0.39 is 0 Å². The van der Waals surface area contributed by atoms with Gasteiger partial charge in [-0.2, -0.15) is 0 Å². The SMILES string of the molecule is CCC1(C(=O)NCCN2CCN(C)CC2)CCNC1. The summed E-state index contributed by atoms with van der Waals surface area (Å²) in [6.45, 7) is 10.2. The van der Waals surface area contributed by atoms with E-state index in [1.807, 2.05) is 0 Å². The molecule has 19 heavy (non-hydrogen) atoms. The first-order valence-electron chi connectivity index (χ1n) is 7.56. The molecule has 5 nitrogen and oxygen atoms in total. The second-order valence-electron chi connectivity index (χ2n) is 5.96. The highest BCUT2D eigenvalue weighted by molar-refractivity contribution is 5.83. The van der Waals surface area contributed by atoms with Gasteiger partial charge in [0, 0.05) is 45.8 Å². The summed E-state index contributed by atoms with van der Waals surface area (Å²) < 4.78 is 0. The van der Waals surface area contributed by atoms with Gasteiger partial charge in [-0.25, -0.2) is 0 Å². The van der Waals surface area contributed by atoms with Crippen molar-refractivity contribution < 1.29 is 4.79 Å². The topological polar surface area (TPSA) is 47.6 Å². The van der Waals surface area contributed by atoms with E-state index in [-0.39, 0.29) is 11.3 Å². The Balaban J connectivity index is 1.69. The number of rotatable bonds is 5. The molecule has 5 heteroatoms. The van der Waals surface area contributed by atoms with Gasteiger partial charge in [0.1, 0.15) is 0 Å². The monoisotopic (exact) mass is 268 g/mol. The van der Waals surface area contributed by atoms with Gasteiger partial charge < -0.3 is 15.5 Å². The van der Waals surface area contributed by atoms with Crippen LogP contribution in [0.15, 0.2) is 0 Å².